The molecule has 7 heteroatoms. The summed E-state index contributed by atoms with van der Waals surface area (Å²) < 4.78 is 46.1. The van der Waals surface area contributed by atoms with Crippen molar-refractivity contribution < 1.29 is 17.9 Å². The molecule has 0 unspecified atom stereocenters. The van der Waals surface area contributed by atoms with Crippen molar-refractivity contribution in [2.75, 3.05) is 52.5 Å². The second kappa shape index (κ2) is 10.6. The van der Waals surface area contributed by atoms with Gasteiger partial charge in [0.25, 0.3) is 0 Å². The SMILES string of the molecule is C[C@H]1c2c([nH]c3ccc(C(F)(F)F)cc23)C[C@H]2CCN(CCC3(/C=C/CN4CCCC4)CCOCC3)C[C@@H]21. The van der Waals surface area contributed by atoms with Crippen molar-refractivity contribution in [3.8, 4) is 0 Å². The highest BCUT2D eigenvalue weighted by Crippen LogP contribution is 2.47. The van der Waals surface area contributed by atoms with Crippen LogP contribution in [-0.2, 0) is 17.3 Å². The molecule has 4 heterocycles. The van der Waals surface area contributed by atoms with Gasteiger partial charge in [-0.15, -0.1) is 0 Å². The van der Waals surface area contributed by atoms with Crippen LogP contribution < -0.4 is 0 Å². The zero-order chi connectivity index (χ0) is 26.3. The molecule has 1 aromatic heterocycles. The molecule has 0 bridgehead atoms. The van der Waals surface area contributed by atoms with Gasteiger partial charge in [0.2, 0.25) is 0 Å². The Kier molecular flexibility index (Phi) is 7.38. The molecule has 1 aliphatic carbocycles. The molecule has 0 spiro atoms. The molecule has 4 aliphatic rings. The number of allylic oxidation sites excluding steroid dienone is 1. The van der Waals surface area contributed by atoms with Gasteiger partial charge in [-0.3, -0.25) is 4.90 Å². The average molecular weight is 530 g/mol. The van der Waals surface area contributed by atoms with E-state index >= 15 is 0 Å². The van der Waals surface area contributed by atoms with Gasteiger partial charge in [-0.25, -0.2) is 0 Å². The molecule has 6 rings (SSSR count). The maximum atomic E-state index is 13.5. The van der Waals surface area contributed by atoms with Gasteiger partial charge < -0.3 is 14.6 Å². The van der Waals surface area contributed by atoms with E-state index in [9.17, 15) is 13.2 Å². The summed E-state index contributed by atoms with van der Waals surface area (Å²) in [5.41, 5.74) is 2.80. The lowest BCUT2D eigenvalue weighted by atomic mass is 9.68. The highest BCUT2D eigenvalue weighted by Gasteiger charge is 2.41. The molecular formula is C31H42F3N3O. The van der Waals surface area contributed by atoms with Crippen LogP contribution in [0.4, 0.5) is 13.2 Å². The number of hydrogen-bond donors (Lipinski definition) is 1. The average Bonchev–Trinajstić information content (AvgIpc) is 3.55. The summed E-state index contributed by atoms with van der Waals surface area (Å²) in [6, 6.07) is 4.19. The van der Waals surface area contributed by atoms with E-state index in [0.29, 0.717) is 11.8 Å². The van der Waals surface area contributed by atoms with Crippen LogP contribution in [-0.4, -0.2) is 67.3 Å². The van der Waals surface area contributed by atoms with Gasteiger partial charge in [-0.2, -0.15) is 13.2 Å². The molecule has 0 amide bonds. The number of nitrogens with one attached hydrogen (secondary N) is 1. The third-order valence-corrected chi connectivity index (χ3v) is 10.2. The van der Waals surface area contributed by atoms with Crippen molar-refractivity contribution >= 4 is 10.9 Å². The van der Waals surface area contributed by atoms with Crippen LogP contribution in [0.15, 0.2) is 30.4 Å². The summed E-state index contributed by atoms with van der Waals surface area (Å²) in [6.45, 7) is 10.7. The standard InChI is InChI=1S/C31H42F3N3O/c1-22-26-21-37(16-9-30(10-17-38-18-11-30)8-4-14-36-12-2-3-13-36)15-7-23(26)19-28-29(22)25-20-24(31(32,33)34)5-6-27(25)35-28/h4-6,8,20,22-23,26,35H,2-3,7,9-19,21H2,1H3/b8-4+/t22-,23-,26-/m1/s1. The van der Waals surface area contributed by atoms with E-state index in [1.165, 1.54) is 44.5 Å². The Bertz CT molecular complexity index is 1140. The highest BCUT2D eigenvalue weighted by molar-refractivity contribution is 5.86. The van der Waals surface area contributed by atoms with E-state index in [4.69, 9.17) is 4.74 Å². The van der Waals surface area contributed by atoms with Gasteiger partial charge in [0.1, 0.15) is 0 Å². The minimum absolute atomic E-state index is 0.227. The fourth-order valence-electron chi connectivity index (χ4n) is 7.80. The zero-order valence-electron chi connectivity index (χ0n) is 22.7. The maximum absolute atomic E-state index is 13.5. The minimum atomic E-state index is -4.32. The minimum Gasteiger partial charge on any atom is -0.381 e. The Balaban J connectivity index is 1.14. The van der Waals surface area contributed by atoms with Gasteiger partial charge in [-0.1, -0.05) is 19.1 Å². The molecule has 1 N–H and O–H groups in total. The monoisotopic (exact) mass is 529 g/mol. The van der Waals surface area contributed by atoms with Crippen molar-refractivity contribution in [3.63, 3.8) is 0 Å². The van der Waals surface area contributed by atoms with Crippen LogP contribution in [0.2, 0.25) is 0 Å². The molecule has 0 radical (unpaired) electrons. The van der Waals surface area contributed by atoms with E-state index in [0.717, 1.165) is 87.2 Å². The third-order valence-electron chi connectivity index (χ3n) is 10.2. The van der Waals surface area contributed by atoms with E-state index in [2.05, 4.69) is 33.9 Å². The second-order valence-corrected chi connectivity index (χ2v) is 12.4. The summed E-state index contributed by atoms with van der Waals surface area (Å²) >= 11 is 0. The van der Waals surface area contributed by atoms with Crippen LogP contribution >= 0.6 is 0 Å². The number of alkyl halides is 3. The van der Waals surface area contributed by atoms with Crippen molar-refractivity contribution in [2.45, 2.75) is 64.0 Å². The van der Waals surface area contributed by atoms with Crippen molar-refractivity contribution in [2.24, 2.45) is 17.3 Å². The summed E-state index contributed by atoms with van der Waals surface area (Å²) in [6.07, 6.45) is 8.74. The van der Waals surface area contributed by atoms with E-state index in [1.54, 1.807) is 6.07 Å². The molecule has 3 saturated heterocycles. The van der Waals surface area contributed by atoms with Crippen molar-refractivity contribution in [3.05, 3.63) is 47.2 Å². The number of aromatic nitrogens is 1. The molecule has 3 atom stereocenters. The van der Waals surface area contributed by atoms with Gasteiger partial charge in [0, 0.05) is 42.9 Å². The quantitative estimate of drug-likeness (QED) is 0.427. The van der Waals surface area contributed by atoms with E-state index in [-0.39, 0.29) is 11.3 Å². The normalized spacial score (nSPS) is 28.7. The van der Waals surface area contributed by atoms with Crippen molar-refractivity contribution in [1.82, 2.24) is 14.8 Å². The summed E-state index contributed by atoms with van der Waals surface area (Å²) in [5, 5.41) is 0.766. The summed E-state index contributed by atoms with van der Waals surface area (Å²) in [7, 11) is 0. The largest absolute Gasteiger partial charge is 0.416 e. The lowest BCUT2D eigenvalue weighted by Crippen LogP contribution is -2.46. The molecule has 208 valence electrons. The fourth-order valence-corrected chi connectivity index (χ4v) is 7.80. The van der Waals surface area contributed by atoms with E-state index in [1.807, 2.05) is 0 Å². The number of piperidine rings is 1. The Labute approximate surface area is 224 Å². The van der Waals surface area contributed by atoms with E-state index < -0.39 is 11.7 Å². The maximum Gasteiger partial charge on any atom is 0.416 e. The van der Waals surface area contributed by atoms with Crippen LogP contribution in [0.3, 0.4) is 0 Å². The molecule has 1 aromatic carbocycles. The van der Waals surface area contributed by atoms with Crippen LogP contribution in [0.5, 0.6) is 0 Å². The highest BCUT2D eigenvalue weighted by atomic mass is 19.4. The number of likely N-dealkylation sites (tertiary alicyclic amines) is 2. The zero-order valence-corrected chi connectivity index (χ0v) is 22.7. The molecule has 3 aliphatic heterocycles. The molecule has 4 nitrogen and oxygen atoms in total. The lowest BCUT2D eigenvalue weighted by molar-refractivity contribution is -0.137. The van der Waals surface area contributed by atoms with Crippen LogP contribution in [0.1, 0.15) is 68.2 Å². The number of halogens is 3. The first kappa shape index (κ1) is 26.4. The number of aromatic amines is 1. The summed E-state index contributed by atoms with van der Waals surface area (Å²) in [4.78, 5) is 8.67. The Morgan fingerprint density at radius 2 is 1.89 bits per heavy atom. The van der Waals surface area contributed by atoms with Crippen LogP contribution in [0.25, 0.3) is 10.9 Å². The molecular weight excluding hydrogens is 487 g/mol. The topological polar surface area (TPSA) is 31.5 Å². The molecule has 2 aromatic rings. The number of H-pyrrole nitrogens is 1. The first-order chi connectivity index (χ1) is 18.3. The van der Waals surface area contributed by atoms with Crippen molar-refractivity contribution in [1.29, 1.82) is 0 Å². The number of fused-ring (bicyclic) bond motifs is 4. The second-order valence-electron chi connectivity index (χ2n) is 12.4. The molecule has 38 heavy (non-hydrogen) atoms. The number of ether oxygens (including phenoxy) is 1. The predicted molar refractivity (Wildman–Crippen MR) is 145 cm³/mol. The Hall–Kier alpha value is -1.83. The number of hydrogen-bond acceptors (Lipinski definition) is 3. The Morgan fingerprint density at radius 1 is 1.11 bits per heavy atom. The van der Waals surface area contributed by atoms with Gasteiger partial charge in [0.15, 0.2) is 0 Å². The third kappa shape index (κ3) is 5.31. The smallest absolute Gasteiger partial charge is 0.381 e. The van der Waals surface area contributed by atoms with Crippen LogP contribution in [0, 0.1) is 17.3 Å². The predicted octanol–water partition coefficient (Wildman–Crippen LogP) is 6.62. The molecule has 3 fully saturated rings. The molecule has 0 saturated carbocycles. The van der Waals surface area contributed by atoms with Gasteiger partial charge >= 0.3 is 6.18 Å². The van der Waals surface area contributed by atoms with Gasteiger partial charge in [-0.05, 0) is 118 Å². The lowest BCUT2D eigenvalue weighted by Gasteiger charge is -2.45. The number of benzene rings is 1. The Morgan fingerprint density at radius 3 is 2.66 bits per heavy atom. The first-order valence-corrected chi connectivity index (χ1v) is 14.7. The first-order valence-electron chi connectivity index (χ1n) is 14.7. The number of rotatable bonds is 6. The fraction of sp³-hybridized carbons (Fsp3) is 0.677. The number of nitrogens with zero attached hydrogens (tertiary/aromatic N) is 2. The van der Waals surface area contributed by atoms with Gasteiger partial charge in [0.05, 0.1) is 5.56 Å². The summed E-state index contributed by atoms with van der Waals surface area (Å²) in [5.74, 6) is 1.34.